The van der Waals surface area contributed by atoms with Gasteiger partial charge < -0.3 is 24.4 Å². The van der Waals surface area contributed by atoms with E-state index in [9.17, 15) is 23.2 Å². The van der Waals surface area contributed by atoms with Crippen LogP contribution in [0.25, 0.3) is 0 Å². The molecule has 0 spiro atoms. The fraction of sp³-hybridized carbons (Fsp3) is 0.679. The molecule has 11 heteroatoms. The molecule has 4 unspecified atom stereocenters. The fourth-order valence-electron chi connectivity index (χ4n) is 5.38. The summed E-state index contributed by atoms with van der Waals surface area (Å²) in [6, 6.07) is 1.89. The van der Waals surface area contributed by atoms with Crippen molar-refractivity contribution >= 4 is 18.1 Å². The number of rotatable bonds is 4. The Morgan fingerprint density at radius 2 is 1.67 bits per heavy atom. The molecule has 0 aromatic heterocycles. The zero-order valence-corrected chi connectivity index (χ0v) is 24.3. The van der Waals surface area contributed by atoms with E-state index in [1.807, 2.05) is 20.8 Å². The van der Waals surface area contributed by atoms with Gasteiger partial charge >= 0.3 is 12.2 Å². The van der Waals surface area contributed by atoms with Gasteiger partial charge in [-0.15, -0.1) is 0 Å². The molecule has 0 bridgehead atoms. The highest BCUT2D eigenvalue weighted by atomic mass is 19.1. The molecule has 2 aliphatic heterocycles. The average Bonchev–Trinajstić information content (AvgIpc) is 3.22. The molecule has 3 amide bonds. The van der Waals surface area contributed by atoms with Crippen molar-refractivity contribution in [2.45, 2.75) is 116 Å². The summed E-state index contributed by atoms with van der Waals surface area (Å²) in [5.41, 5.74) is -2.04. The summed E-state index contributed by atoms with van der Waals surface area (Å²) in [7, 11) is 0. The van der Waals surface area contributed by atoms with Crippen molar-refractivity contribution in [1.29, 1.82) is 0 Å². The number of ether oxygens (including phenoxy) is 3. The van der Waals surface area contributed by atoms with E-state index < -0.39 is 65.0 Å². The minimum atomic E-state index is -1.07. The smallest absolute Gasteiger partial charge is 0.410 e. The van der Waals surface area contributed by atoms with Crippen LogP contribution in [0.15, 0.2) is 18.2 Å². The molecule has 2 saturated heterocycles. The van der Waals surface area contributed by atoms with Crippen LogP contribution in [0.5, 0.6) is 0 Å². The van der Waals surface area contributed by atoms with Crippen LogP contribution in [0.2, 0.25) is 0 Å². The summed E-state index contributed by atoms with van der Waals surface area (Å²) in [6.45, 7) is 15.6. The van der Waals surface area contributed by atoms with Crippen LogP contribution in [0.3, 0.4) is 0 Å². The summed E-state index contributed by atoms with van der Waals surface area (Å²) in [5, 5.41) is 2.75. The summed E-state index contributed by atoms with van der Waals surface area (Å²) in [4.78, 5) is 41.7. The van der Waals surface area contributed by atoms with E-state index in [1.165, 1.54) is 28.9 Å². The van der Waals surface area contributed by atoms with Gasteiger partial charge in [0.05, 0.1) is 18.6 Å². The van der Waals surface area contributed by atoms with Crippen LogP contribution < -0.4 is 5.32 Å². The molecule has 0 radical (unpaired) electrons. The molecule has 1 aromatic rings. The van der Waals surface area contributed by atoms with Gasteiger partial charge in [0.15, 0.2) is 0 Å². The molecule has 3 rings (SSSR count). The normalized spacial score (nSPS) is 25.0. The summed E-state index contributed by atoms with van der Waals surface area (Å²) in [6.07, 6.45) is -2.37. The lowest BCUT2D eigenvalue weighted by atomic mass is 9.94. The topological polar surface area (TPSA) is 97.4 Å². The van der Waals surface area contributed by atoms with E-state index >= 15 is 0 Å². The Labute approximate surface area is 229 Å². The Hall–Kier alpha value is -2.95. The molecule has 218 valence electrons. The highest BCUT2D eigenvalue weighted by Gasteiger charge is 2.55. The van der Waals surface area contributed by atoms with Gasteiger partial charge in [0.1, 0.15) is 35.2 Å². The third kappa shape index (κ3) is 7.80. The van der Waals surface area contributed by atoms with E-state index in [1.54, 1.807) is 34.6 Å². The van der Waals surface area contributed by atoms with E-state index in [2.05, 4.69) is 5.32 Å². The number of nitrogens with zero attached hydrogens (tertiary/aromatic N) is 2. The highest BCUT2D eigenvalue weighted by molar-refractivity contribution is 5.75. The largest absolute Gasteiger partial charge is 0.444 e. The van der Waals surface area contributed by atoms with Crippen LogP contribution >= 0.6 is 0 Å². The minimum absolute atomic E-state index is 0.0544. The van der Waals surface area contributed by atoms with Gasteiger partial charge in [0.2, 0.25) is 5.91 Å². The van der Waals surface area contributed by atoms with Gasteiger partial charge in [-0.2, -0.15) is 0 Å². The maximum atomic E-state index is 14.0. The van der Waals surface area contributed by atoms with Gasteiger partial charge in [-0.1, -0.05) is 0 Å². The number of likely N-dealkylation sites (tertiary alicyclic amines) is 1. The fourth-order valence-corrected chi connectivity index (χ4v) is 5.38. The summed E-state index contributed by atoms with van der Waals surface area (Å²) in [5.74, 6) is -1.75. The highest BCUT2D eigenvalue weighted by Crippen LogP contribution is 2.40. The molecule has 0 aliphatic carbocycles. The lowest BCUT2D eigenvalue weighted by Gasteiger charge is -2.34. The Balaban J connectivity index is 1.98. The number of benzene rings is 1. The van der Waals surface area contributed by atoms with Crippen LogP contribution in [-0.2, 0) is 25.4 Å². The second kappa shape index (κ2) is 10.9. The van der Waals surface area contributed by atoms with Crippen molar-refractivity contribution in [2.24, 2.45) is 0 Å². The van der Waals surface area contributed by atoms with E-state index in [-0.39, 0.29) is 25.3 Å². The molecular formula is C28H41F2N3O6. The number of hydrogen-bond acceptors (Lipinski definition) is 6. The third-order valence-corrected chi connectivity index (χ3v) is 6.49. The number of alkyl carbamates (subject to hydrolysis) is 1. The first-order valence-corrected chi connectivity index (χ1v) is 13.2. The number of halogens is 2. The second-order valence-corrected chi connectivity index (χ2v) is 12.8. The second-order valence-electron chi connectivity index (χ2n) is 12.8. The van der Waals surface area contributed by atoms with Crippen molar-refractivity contribution < 1.29 is 37.4 Å². The van der Waals surface area contributed by atoms with Crippen molar-refractivity contribution in [3.8, 4) is 0 Å². The third-order valence-electron chi connectivity index (χ3n) is 6.49. The summed E-state index contributed by atoms with van der Waals surface area (Å²) >= 11 is 0. The zero-order valence-electron chi connectivity index (χ0n) is 24.3. The SMILES string of the molecule is CC(=O)N1C(Cc2cc(F)cc(F)c2)C(C2CC(OC(=O)NC(C)(C)C)CN2C(=O)OC(C)(C)C)OC1(C)C. The Kier molecular flexibility index (Phi) is 8.55. The molecule has 2 aliphatic rings. The number of carbonyl (C=O) groups is 3. The van der Waals surface area contributed by atoms with Crippen LogP contribution in [0.4, 0.5) is 18.4 Å². The molecule has 1 N–H and O–H groups in total. The monoisotopic (exact) mass is 553 g/mol. The predicted octanol–water partition coefficient (Wildman–Crippen LogP) is 4.76. The minimum Gasteiger partial charge on any atom is -0.444 e. The van der Waals surface area contributed by atoms with Gasteiger partial charge in [-0.25, -0.2) is 18.4 Å². The maximum absolute atomic E-state index is 14.0. The predicted molar refractivity (Wildman–Crippen MR) is 140 cm³/mol. The van der Waals surface area contributed by atoms with Crippen LogP contribution in [0, 0.1) is 11.6 Å². The summed E-state index contributed by atoms with van der Waals surface area (Å²) < 4.78 is 45.8. The average molecular weight is 554 g/mol. The van der Waals surface area contributed by atoms with Crippen molar-refractivity contribution in [2.75, 3.05) is 6.54 Å². The van der Waals surface area contributed by atoms with Crippen molar-refractivity contribution in [1.82, 2.24) is 15.1 Å². The molecule has 2 heterocycles. The molecular weight excluding hydrogens is 512 g/mol. The van der Waals surface area contributed by atoms with Crippen molar-refractivity contribution in [3.63, 3.8) is 0 Å². The Morgan fingerprint density at radius 3 is 2.18 bits per heavy atom. The maximum Gasteiger partial charge on any atom is 0.410 e. The number of hydrogen-bond donors (Lipinski definition) is 1. The molecule has 0 saturated carbocycles. The first-order valence-electron chi connectivity index (χ1n) is 13.2. The van der Waals surface area contributed by atoms with Gasteiger partial charge in [-0.3, -0.25) is 9.69 Å². The number of amides is 3. The zero-order chi connectivity index (χ0) is 29.5. The Bertz CT molecular complexity index is 1080. The molecule has 9 nitrogen and oxygen atoms in total. The first kappa shape index (κ1) is 30.6. The number of nitrogens with one attached hydrogen (secondary N) is 1. The van der Waals surface area contributed by atoms with E-state index in [0.717, 1.165) is 6.07 Å². The van der Waals surface area contributed by atoms with Gasteiger partial charge in [0.25, 0.3) is 0 Å². The van der Waals surface area contributed by atoms with Crippen molar-refractivity contribution in [3.05, 3.63) is 35.4 Å². The lowest BCUT2D eigenvalue weighted by Crippen LogP contribution is -2.52. The number of carbonyl (C=O) groups excluding carboxylic acids is 3. The van der Waals surface area contributed by atoms with Crippen LogP contribution in [0.1, 0.15) is 74.3 Å². The Morgan fingerprint density at radius 1 is 1.08 bits per heavy atom. The lowest BCUT2D eigenvalue weighted by molar-refractivity contribution is -0.145. The van der Waals surface area contributed by atoms with Gasteiger partial charge in [0, 0.05) is 24.9 Å². The quantitative estimate of drug-likeness (QED) is 0.578. The molecule has 1 aromatic carbocycles. The van der Waals surface area contributed by atoms with Crippen LogP contribution in [-0.4, -0.2) is 75.6 Å². The van der Waals surface area contributed by atoms with E-state index in [4.69, 9.17) is 14.2 Å². The molecule has 4 atom stereocenters. The van der Waals surface area contributed by atoms with Gasteiger partial charge in [-0.05, 0) is 79.5 Å². The molecule has 39 heavy (non-hydrogen) atoms. The van der Waals surface area contributed by atoms with E-state index in [0.29, 0.717) is 5.56 Å². The molecule has 2 fully saturated rings. The standard InChI is InChI=1S/C28H41F2N3O6/c1-16(34)33-22(12-17-10-18(29)13-19(30)11-17)23(38-28(33,8)9)21-14-20(37-24(35)31-26(2,3)4)15-32(21)25(36)39-27(5,6)7/h10-11,13,20-23H,12,14-15H2,1-9H3,(H,31,35). The first-order chi connectivity index (χ1) is 17.8.